The van der Waals surface area contributed by atoms with Crippen molar-refractivity contribution in [3.63, 3.8) is 0 Å². The molecule has 0 unspecified atom stereocenters. The smallest absolute Gasteiger partial charge is 0.224 e. The molecule has 18 heavy (non-hydrogen) atoms. The van der Waals surface area contributed by atoms with Crippen LogP contribution in [-0.4, -0.2) is 35.3 Å². The average molecular weight is 315 g/mol. The van der Waals surface area contributed by atoms with Gasteiger partial charge in [0.05, 0.1) is 11.1 Å². The van der Waals surface area contributed by atoms with Gasteiger partial charge in [-0.1, -0.05) is 12.8 Å². The topological polar surface area (TPSA) is 70.1 Å². The first-order valence-electron chi connectivity index (χ1n) is 6.24. The van der Waals surface area contributed by atoms with Crippen molar-refractivity contribution in [1.82, 2.24) is 9.97 Å². The maximum atomic E-state index is 9.57. The fourth-order valence-corrected chi connectivity index (χ4v) is 2.73. The van der Waals surface area contributed by atoms with Crippen molar-refractivity contribution in [1.29, 1.82) is 0 Å². The minimum absolute atomic E-state index is 0.0181. The van der Waals surface area contributed by atoms with E-state index in [4.69, 9.17) is 0 Å². The minimum Gasteiger partial charge on any atom is -0.396 e. The lowest BCUT2D eigenvalue weighted by atomic mass is 9.87. The molecule has 0 spiro atoms. The van der Waals surface area contributed by atoms with Crippen LogP contribution in [0.3, 0.4) is 0 Å². The minimum atomic E-state index is 0.0181. The van der Waals surface area contributed by atoms with Crippen LogP contribution in [0.2, 0.25) is 0 Å². The fraction of sp³-hybridized carbons (Fsp3) is 0.667. The van der Waals surface area contributed by atoms with Gasteiger partial charge in [-0.3, -0.25) is 0 Å². The van der Waals surface area contributed by atoms with Gasteiger partial charge in [-0.2, -0.15) is 4.98 Å². The highest BCUT2D eigenvalue weighted by Crippen LogP contribution is 2.38. The largest absolute Gasteiger partial charge is 0.396 e. The highest BCUT2D eigenvalue weighted by Gasteiger charge is 2.33. The van der Waals surface area contributed by atoms with Crippen molar-refractivity contribution < 1.29 is 5.11 Å². The van der Waals surface area contributed by atoms with Gasteiger partial charge in [-0.25, -0.2) is 4.98 Å². The molecule has 3 N–H and O–H groups in total. The van der Waals surface area contributed by atoms with Crippen LogP contribution in [0.25, 0.3) is 0 Å². The lowest BCUT2D eigenvalue weighted by Gasteiger charge is -2.27. The number of aliphatic hydroxyl groups is 1. The zero-order chi connectivity index (χ0) is 13.0. The summed E-state index contributed by atoms with van der Waals surface area (Å²) in [5.74, 6) is 1.36. The molecule has 0 radical (unpaired) electrons. The van der Waals surface area contributed by atoms with Gasteiger partial charge in [-0.15, -0.1) is 0 Å². The first-order chi connectivity index (χ1) is 8.69. The van der Waals surface area contributed by atoms with Crippen LogP contribution in [0.5, 0.6) is 0 Å². The molecule has 0 saturated heterocycles. The van der Waals surface area contributed by atoms with Gasteiger partial charge in [0.15, 0.2) is 0 Å². The summed E-state index contributed by atoms with van der Waals surface area (Å²) in [7, 11) is 1.79. The van der Waals surface area contributed by atoms with E-state index in [1.807, 2.05) is 0 Å². The number of hydrogen-bond donors (Lipinski definition) is 3. The van der Waals surface area contributed by atoms with Crippen molar-refractivity contribution in [2.24, 2.45) is 5.41 Å². The van der Waals surface area contributed by atoms with Crippen molar-refractivity contribution in [2.45, 2.75) is 25.7 Å². The normalized spacial score (nSPS) is 17.7. The van der Waals surface area contributed by atoms with Gasteiger partial charge in [0, 0.05) is 25.2 Å². The van der Waals surface area contributed by atoms with Crippen LogP contribution in [0.4, 0.5) is 11.8 Å². The summed E-state index contributed by atoms with van der Waals surface area (Å²) in [6, 6.07) is 0. The van der Waals surface area contributed by atoms with Crippen LogP contribution in [-0.2, 0) is 0 Å². The summed E-state index contributed by atoms with van der Waals surface area (Å²) < 4.78 is 0.840. The summed E-state index contributed by atoms with van der Waals surface area (Å²) >= 11 is 3.43. The average Bonchev–Trinajstić information content (AvgIpc) is 2.87. The Kier molecular flexibility index (Phi) is 4.40. The van der Waals surface area contributed by atoms with Gasteiger partial charge in [0.1, 0.15) is 5.82 Å². The number of anilines is 2. The Labute approximate surface area is 116 Å². The Balaban J connectivity index is 2.05. The van der Waals surface area contributed by atoms with Gasteiger partial charge in [0.2, 0.25) is 5.95 Å². The number of aromatic nitrogens is 2. The van der Waals surface area contributed by atoms with Gasteiger partial charge >= 0.3 is 0 Å². The third kappa shape index (κ3) is 2.92. The van der Waals surface area contributed by atoms with Crippen LogP contribution in [0.1, 0.15) is 25.7 Å². The molecule has 0 atom stereocenters. The van der Waals surface area contributed by atoms with Gasteiger partial charge in [0.25, 0.3) is 0 Å². The van der Waals surface area contributed by atoms with Gasteiger partial charge < -0.3 is 15.7 Å². The summed E-state index contributed by atoms with van der Waals surface area (Å²) in [4.78, 5) is 8.47. The lowest BCUT2D eigenvalue weighted by molar-refractivity contribution is 0.142. The van der Waals surface area contributed by atoms with E-state index in [2.05, 4.69) is 36.5 Å². The van der Waals surface area contributed by atoms with E-state index in [1.54, 1.807) is 13.2 Å². The predicted octanol–water partition coefficient (Wildman–Crippen LogP) is 2.25. The lowest BCUT2D eigenvalue weighted by Crippen LogP contribution is -2.30. The number of rotatable bonds is 5. The Morgan fingerprint density at radius 2 is 2.17 bits per heavy atom. The van der Waals surface area contributed by atoms with Crippen LogP contribution in [0, 0.1) is 5.41 Å². The molecule has 1 aromatic rings. The van der Waals surface area contributed by atoms with Crippen molar-refractivity contribution in [3.05, 3.63) is 10.7 Å². The monoisotopic (exact) mass is 314 g/mol. The van der Waals surface area contributed by atoms with E-state index in [0.717, 1.165) is 29.7 Å². The quantitative estimate of drug-likeness (QED) is 0.777. The Hall–Kier alpha value is -0.880. The van der Waals surface area contributed by atoms with Crippen LogP contribution in [0.15, 0.2) is 10.7 Å². The van der Waals surface area contributed by atoms with Crippen molar-refractivity contribution in [2.75, 3.05) is 30.8 Å². The van der Waals surface area contributed by atoms with E-state index >= 15 is 0 Å². The molecule has 0 aromatic carbocycles. The summed E-state index contributed by atoms with van der Waals surface area (Å²) in [6.07, 6.45) is 6.29. The molecule has 1 aromatic heterocycles. The molecule has 0 aliphatic heterocycles. The number of nitrogens with zero attached hydrogens (tertiary/aromatic N) is 2. The molecule has 0 amide bonds. The summed E-state index contributed by atoms with van der Waals surface area (Å²) in [5, 5.41) is 15.8. The first-order valence-corrected chi connectivity index (χ1v) is 7.03. The maximum Gasteiger partial charge on any atom is 0.224 e. The fourth-order valence-electron chi connectivity index (χ4n) is 2.40. The number of nitrogens with one attached hydrogen (secondary N) is 2. The van der Waals surface area contributed by atoms with E-state index in [9.17, 15) is 5.11 Å². The molecule has 0 bridgehead atoms. The molecule has 6 heteroatoms. The third-order valence-corrected chi connectivity index (χ3v) is 4.18. The molecule has 1 aliphatic carbocycles. The second-order valence-corrected chi connectivity index (χ2v) is 5.71. The predicted molar refractivity (Wildman–Crippen MR) is 75.8 cm³/mol. The molecular formula is C12H19BrN4O. The Morgan fingerprint density at radius 1 is 1.44 bits per heavy atom. The molecule has 5 nitrogen and oxygen atoms in total. The van der Waals surface area contributed by atoms with E-state index < -0.39 is 0 Å². The van der Waals surface area contributed by atoms with E-state index in [-0.39, 0.29) is 12.0 Å². The van der Waals surface area contributed by atoms with E-state index in [0.29, 0.717) is 5.95 Å². The first kappa shape index (κ1) is 13.5. The molecule has 1 heterocycles. The molecule has 1 aliphatic rings. The molecule has 2 rings (SSSR count). The van der Waals surface area contributed by atoms with Gasteiger partial charge in [-0.05, 0) is 28.8 Å². The highest BCUT2D eigenvalue weighted by molar-refractivity contribution is 9.10. The number of aliphatic hydroxyl groups excluding tert-OH is 1. The Morgan fingerprint density at radius 3 is 2.78 bits per heavy atom. The van der Waals surface area contributed by atoms with E-state index in [1.165, 1.54) is 12.8 Å². The second kappa shape index (κ2) is 5.84. The molecule has 1 fully saturated rings. The Bertz CT molecular complexity index is 407. The standard InChI is InChI=1S/C12H19BrN4O/c1-14-11-15-6-9(13)10(17-11)16-7-12(8-18)4-2-3-5-12/h6,18H,2-5,7-8H2,1H3,(H2,14,15,16,17). The van der Waals surface area contributed by atoms with Crippen molar-refractivity contribution >= 4 is 27.7 Å². The third-order valence-electron chi connectivity index (χ3n) is 3.60. The zero-order valence-electron chi connectivity index (χ0n) is 10.5. The SMILES string of the molecule is CNc1ncc(Br)c(NCC2(CO)CCCC2)n1. The number of hydrogen-bond acceptors (Lipinski definition) is 5. The zero-order valence-corrected chi connectivity index (χ0v) is 12.1. The maximum absolute atomic E-state index is 9.57. The van der Waals surface area contributed by atoms with Crippen molar-refractivity contribution in [3.8, 4) is 0 Å². The molecule has 1 saturated carbocycles. The number of halogens is 1. The van der Waals surface area contributed by atoms with Crippen LogP contribution >= 0.6 is 15.9 Å². The van der Waals surface area contributed by atoms with Crippen LogP contribution < -0.4 is 10.6 Å². The molecular weight excluding hydrogens is 296 g/mol. The summed E-state index contributed by atoms with van der Waals surface area (Å²) in [5.41, 5.74) is 0.0181. The summed E-state index contributed by atoms with van der Waals surface area (Å²) in [6.45, 7) is 0.990. The highest BCUT2D eigenvalue weighted by atomic mass is 79.9. The second-order valence-electron chi connectivity index (χ2n) is 4.86. The molecule has 100 valence electrons.